The zero-order valence-corrected chi connectivity index (χ0v) is 18.3. The van der Waals surface area contributed by atoms with Gasteiger partial charge in [0.2, 0.25) is 15.9 Å². The molecular weight excluding hydrogens is 406 g/mol. The van der Waals surface area contributed by atoms with Crippen LogP contribution in [0.2, 0.25) is 0 Å². The predicted molar refractivity (Wildman–Crippen MR) is 112 cm³/mol. The van der Waals surface area contributed by atoms with E-state index in [4.69, 9.17) is 4.74 Å². The number of sulfonamides is 1. The molecule has 1 aromatic rings. The number of fused-ring (bicyclic) bond motifs is 1. The highest BCUT2D eigenvalue weighted by Gasteiger charge is 2.40. The second-order valence-electron chi connectivity index (χ2n) is 8.41. The molecule has 1 saturated heterocycles. The Morgan fingerprint density at radius 3 is 2.50 bits per heavy atom. The van der Waals surface area contributed by atoms with Crippen LogP contribution in [-0.4, -0.2) is 57.1 Å². The lowest BCUT2D eigenvalue weighted by Crippen LogP contribution is -2.46. The summed E-state index contributed by atoms with van der Waals surface area (Å²) < 4.78 is 33.7. The summed E-state index contributed by atoms with van der Waals surface area (Å²) in [4.78, 5) is 28.1. The molecule has 2 heterocycles. The number of rotatable bonds is 5. The van der Waals surface area contributed by atoms with Gasteiger partial charge in [0.15, 0.2) is 0 Å². The number of benzene rings is 1. The van der Waals surface area contributed by atoms with Crippen molar-refractivity contribution in [2.24, 2.45) is 5.92 Å². The molecule has 164 valence electrons. The number of piperidine rings is 1. The monoisotopic (exact) mass is 435 g/mol. The average molecular weight is 436 g/mol. The van der Waals surface area contributed by atoms with E-state index in [0.717, 1.165) is 24.1 Å². The minimum Gasteiger partial charge on any atom is -0.450 e. The molecule has 30 heavy (non-hydrogen) atoms. The summed E-state index contributed by atoms with van der Waals surface area (Å²) >= 11 is 0. The quantitative estimate of drug-likeness (QED) is 0.765. The normalized spacial score (nSPS) is 22.1. The van der Waals surface area contributed by atoms with Crippen molar-refractivity contribution in [2.75, 3.05) is 24.6 Å². The fourth-order valence-corrected chi connectivity index (χ4v) is 5.67. The summed E-state index contributed by atoms with van der Waals surface area (Å²) in [6, 6.07) is 4.87. The minimum absolute atomic E-state index is 0.0474. The number of amides is 2. The van der Waals surface area contributed by atoms with Crippen molar-refractivity contribution in [3.8, 4) is 0 Å². The molecule has 0 radical (unpaired) electrons. The van der Waals surface area contributed by atoms with Crippen LogP contribution in [0.3, 0.4) is 0 Å². The fraction of sp³-hybridized carbons (Fsp3) is 0.619. The van der Waals surface area contributed by atoms with Crippen LogP contribution in [0, 0.1) is 5.92 Å². The molecule has 1 atom stereocenters. The molecule has 1 aliphatic carbocycles. The van der Waals surface area contributed by atoms with E-state index >= 15 is 0 Å². The summed E-state index contributed by atoms with van der Waals surface area (Å²) in [6.45, 7) is 5.02. The average Bonchev–Trinajstić information content (AvgIpc) is 3.50. The maximum absolute atomic E-state index is 12.9. The summed E-state index contributed by atoms with van der Waals surface area (Å²) in [5, 5.41) is 0. The van der Waals surface area contributed by atoms with Crippen molar-refractivity contribution in [3.05, 3.63) is 23.8 Å². The van der Waals surface area contributed by atoms with Gasteiger partial charge in [0.05, 0.1) is 11.5 Å². The van der Waals surface area contributed by atoms with Crippen molar-refractivity contribution in [3.63, 3.8) is 0 Å². The van der Waals surface area contributed by atoms with E-state index in [1.54, 1.807) is 30.0 Å². The Balaban J connectivity index is 1.42. The third kappa shape index (κ3) is 4.18. The summed E-state index contributed by atoms with van der Waals surface area (Å²) in [5.74, 6) is 0.285. The Morgan fingerprint density at radius 2 is 1.87 bits per heavy atom. The van der Waals surface area contributed by atoms with Crippen molar-refractivity contribution in [1.82, 2.24) is 9.62 Å². The second-order valence-corrected chi connectivity index (χ2v) is 10.1. The zero-order valence-electron chi connectivity index (χ0n) is 17.5. The van der Waals surface area contributed by atoms with Crippen molar-refractivity contribution >= 4 is 27.7 Å². The lowest BCUT2D eigenvalue weighted by atomic mass is 10.1. The van der Waals surface area contributed by atoms with Gasteiger partial charge in [-0.3, -0.25) is 4.79 Å². The Bertz CT molecular complexity index is 936. The molecule has 3 aliphatic rings. The van der Waals surface area contributed by atoms with E-state index < -0.39 is 10.0 Å². The number of nitrogens with zero attached hydrogens (tertiary/aromatic N) is 2. The molecule has 2 fully saturated rings. The van der Waals surface area contributed by atoms with Gasteiger partial charge >= 0.3 is 6.09 Å². The lowest BCUT2D eigenvalue weighted by molar-refractivity contribution is -0.120. The second kappa shape index (κ2) is 8.19. The van der Waals surface area contributed by atoms with Crippen molar-refractivity contribution < 1.29 is 22.7 Å². The number of ether oxygens (including phenoxy) is 1. The van der Waals surface area contributed by atoms with Crippen LogP contribution in [-0.2, 0) is 26.0 Å². The lowest BCUT2D eigenvalue weighted by Gasteiger charge is -2.31. The SMILES string of the molecule is CCOC(=O)N1CCC(NS(=O)(=O)c2ccc3c(c2)C[C@@H](C)N3C(=O)C2CC2)CC1. The highest BCUT2D eigenvalue weighted by atomic mass is 32.2. The highest BCUT2D eigenvalue weighted by molar-refractivity contribution is 7.89. The molecule has 1 saturated carbocycles. The molecule has 1 aromatic carbocycles. The van der Waals surface area contributed by atoms with Gasteiger partial charge in [0.25, 0.3) is 0 Å². The number of likely N-dealkylation sites (tertiary alicyclic amines) is 1. The van der Waals surface area contributed by atoms with Crippen molar-refractivity contribution in [2.45, 2.75) is 62.9 Å². The van der Waals surface area contributed by atoms with E-state index in [1.807, 2.05) is 11.8 Å². The first-order valence-corrected chi connectivity index (χ1v) is 12.2. The van der Waals surface area contributed by atoms with Crippen LogP contribution < -0.4 is 9.62 Å². The number of nitrogens with one attached hydrogen (secondary N) is 1. The molecule has 9 heteroatoms. The van der Waals surface area contributed by atoms with E-state index in [9.17, 15) is 18.0 Å². The summed E-state index contributed by atoms with van der Waals surface area (Å²) in [7, 11) is -3.68. The van der Waals surface area contributed by atoms with Crippen LogP contribution in [0.1, 0.15) is 45.1 Å². The first-order chi connectivity index (χ1) is 14.3. The molecule has 0 bridgehead atoms. The Morgan fingerprint density at radius 1 is 1.17 bits per heavy atom. The molecule has 4 rings (SSSR count). The Kier molecular flexibility index (Phi) is 5.76. The van der Waals surface area contributed by atoms with Crippen molar-refractivity contribution in [1.29, 1.82) is 0 Å². The summed E-state index contributed by atoms with van der Waals surface area (Å²) in [5.41, 5.74) is 1.73. The van der Waals surface area contributed by atoms with Gasteiger partial charge in [-0.1, -0.05) is 0 Å². The van der Waals surface area contributed by atoms with E-state index in [-0.39, 0.29) is 34.9 Å². The van der Waals surface area contributed by atoms with E-state index in [1.165, 1.54) is 0 Å². The highest BCUT2D eigenvalue weighted by Crippen LogP contribution is 2.39. The first-order valence-electron chi connectivity index (χ1n) is 10.7. The maximum Gasteiger partial charge on any atom is 0.409 e. The number of carbonyl (C=O) groups is 2. The standard InChI is InChI=1S/C21H29N3O5S/c1-3-29-21(26)23-10-8-17(9-11-23)22-30(27,28)18-6-7-19-16(13-18)12-14(2)24(19)20(25)15-4-5-15/h6-7,13-15,17,22H,3-5,8-12H2,1-2H3/t14-/m1/s1. The van der Waals surface area contributed by atoms with E-state index in [2.05, 4.69) is 4.72 Å². The van der Waals surface area contributed by atoms with Gasteiger partial charge < -0.3 is 14.5 Å². The molecule has 0 aromatic heterocycles. The number of carbonyl (C=O) groups excluding carboxylic acids is 2. The van der Waals surface area contributed by atoms with Gasteiger partial charge in [0, 0.05) is 36.8 Å². The topological polar surface area (TPSA) is 96.0 Å². The maximum atomic E-state index is 12.9. The molecule has 0 unspecified atom stereocenters. The van der Waals surface area contributed by atoms with Crippen LogP contribution in [0.15, 0.2) is 23.1 Å². The zero-order chi connectivity index (χ0) is 21.5. The molecule has 2 aliphatic heterocycles. The largest absolute Gasteiger partial charge is 0.450 e. The summed E-state index contributed by atoms with van der Waals surface area (Å²) in [6.07, 6.45) is 3.30. The van der Waals surface area contributed by atoms with Crippen LogP contribution in [0.5, 0.6) is 0 Å². The molecule has 1 N–H and O–H groups in total. The molecule has 2 amide bonds. The van der Waals surface area contributed by atoms with Crippen LogP contribution >= 0.6 is 0 Å². The first kappa shape index (κ1) is 21.1. The smallest absolute Gasteiger partial charge is 0.409 e. The van der Waals surface area contributed by atoms with Gasteiger partial charge in [-0.15, -0.1) is 0 Å². The third-order valence-electron chi connectivity index (χ3n) is 6.08. The third-order valence-corrected chi connectivity index (χ3v) is 7.60. The van der Waals surface area contributed by atoms with E-state index in [0.29, 0.717) is 39.0 Å². The number of anilines is 1. The predicted octanol–water partition coefficient (Wildman–Crippen LogP) is 2.27. The molecule has 0 spiro atoms. The Labute approximate surface area is 177 Å². The van der Waals surface area contributed by atoms with Gasteiger partial charge in [-0.25, -0.2) is 17.9 Å². The molecular formula is C21H29N3O5S. The molecule has 8 nitrogen and oxygen atoms in total. The van der Waals surface area contributed by atoms with Gasteiger partial charge in [-0.05, 0) is 69.7 Å². The number of hydrogen-bond acceptors (Lipinski definition) is 5. The minimum atomic E-state index is -3.68. The Hall–Kier alpha value is -2.13. The van der Waals surface area contributed by atoms with Crippen LogP contribution in [0.4, 0.5) is 10.5 Å². The van der Waals surface area contributed by atoms with Crippen LogP contribution in [0.25, 0.3) is 0 Å². The number of hydrogen-bond donors (Lipinski definition) is 1. The van der Waals surface area contributed by atoms with Gasteiger partial charge in [0.1, 0.15) is 0 Å². The fourth-order valence-electron chi connectivity index (χ4n) is 4.32. The van der Waals surface area contributed by atoms with Gasteiger partial charge in [-0.2, -0.15) is 0 Å².